The van der Waals surface area contributed by atoms with E-state index in [2.05, 4.69) is 10.2 Å². The predicted octanol–water partition coefficient (Wildman–Crippen LogP) is 0.638. The first-order valence-corrected chi connectivity index (χ1v) is 5.09. The van der Waals surface area contributed by atoms with Crippen LogP contribution in [0.15, 0.2) is 4.42 Å². The predicted molar refractivity (Wildman–Crippen MR) is 56.4 cm³/mol. The Morgan fingerprint density at radius 1 is 1.41 bits per heavy atom. The molecule has 0 saturated carbocycles. The molecule has 0 amide bonds. The average Bonchev–Trinajstić information content (AvgIpc) is 2.64. The van der Waals surface area contributed by atoms with Gasteiger partial charge in [-0.3, -0.25) is 0 Å². The van der Waals surface area contributed by atoms with Gasteiger partial charge in [0.05, 0.1) is 12.0 Å². The van der Waals surface area contributed by atoms with Crippen molar-refractivity contribution in [3.05, 3.63) is 11.8 Å². The Kier molecular flexibility index (Phi) is 4.59. The van der Waals surface area contributed by atoms with E-state index in [4.69, 9.17) is 19.0 Å². The van der Waals surface area contributed by atoms with E-state index >= 15 is 0 Å². The molecule has 0 saturated heterocycles. The first kappa shape index (κ1) is 13.6. The summed E-state index contributed by atoms with van der Waals surface area (Å²) < 4.78 is 15.3. The van der Waals surface area contributed by atoms with Gasteiger partial charge in [0, 0.05) is 7.11 Å². The molecule has 0 aliphatic rings. The van der Waals surface area contributed by atoms with Crippen molar-refractivity contribution in [1.29, 1.82) is 0 Å². The van der Waals surface area contributed by atoms with Crippen LogP contribution in [-0.2, 0) is 27.3 Å². The van der Waals surface area contributed by atoms with E-state index in [9.17, 15) is 4.79 Å². The average molecular weight is 244 g/mol. The number of hydrogen-bond acceptors (Lipinski definition) is 6. The smallest absolute Gasteiger partial charge is 0.329 e. The SMILES string of the molecule is COC(C)(C)Cc1nnc(COCC(=O)O)o1. The zero-order chi connectivity index (χ0) is 12.9. The quantitative estimate of drug-likeness (QED) is 0.751. The molecule has 1 aromatic rings. The minimum atomic E-state index is -1.04. The van der Waals surface area contributed by atoms with Crippen molar-refractivity contribution >= 4 is 5.97 Å². The van der Waals surface area contributed by atoms with Crippen LogP contribution in [0, 0.1) is 0 Å². The summed E-state index contributed by atoms with van der Waals surface area (Å²) in [5.74, 6) is -0.343. The normalized spacial score (nSPS) is 11.7. The third-order valence-electron chi connectivity index (χ3n) is 2.09. The number of carbonyl (C=O) groups is 1. The van der Waals surface area contributed by atoms with Gasteiger partial charge in [-0.2, -0.15) is 0 Å². The lowest BCUT2D eigenvalue weighted by Gasteiger charge is -2.20. The van der Waals surface area contributed by atoms with E-state index in [1.165, 1.54) is 0 Å². The molecule has 1 aromatic heterocycles. The van der Waals surface area contributed by atoms with Gasteiger partial charge in [-0.25, -0.2) is 4.79 Å². The van der Waals surface area contributed by atoms with Crippen LogP contribution in [-0.4, -0.2) is 40.6 Å². The first-order valence-electron chi connectivity index (χ1n) is 5.09. The highest BCUT2D eigenvalue weighted by Gasteiger charge is 2.21. The lowest BCUT2D eigenvalue weighted by molar-refractivity contribution is -0.142. The monoisotopic (exact) mass is 244 g/mol. The zero-order valence-corrected chi connectivity index (χ0v) is 10.1. The van der Waals surface area contributed by atoms with E-state index in [-0.39, 0.29) is 24.7 Å². The fourth-order valence-electron chi connectivity index (χ4n) is 1.08. The summed E-state index contributed by atoms with van der Waals surface area (Å²) in [6, 6.07) is 0. The Hall–Kier alpha value is -1.47. The van der Waals surface area contributed by atoms with E-state index < -0.39 is 5.97 Å². The van der Waals surface area contributed by atoms with Crippen LogP contribution in [0.1, 0.15) is 25.6 Å². The van der Waals surface area contributed by atoms with E-state index in [0.29, 0.717) is 12.3 Å². The van der Waals surface area contributed by atoms with Gasteiger partial charge >= 0.3 is 5.97 Å². The molecule has 1 rings (SSSR count). The second-order valence-corrected chi connectivity index (χ2v) is 4.12. The lowest BCUT2D eigenvalue weighted by atomic mass is 10.1. The fraction of sp³-hybridized carbons (Fsp3) is 0.700. The van der Waals surface area contributed by atoms with Crippen LogP contribution >= 0.6 is 0 Å². The van der Waals surface area contributed by atoms with E-state index in [0.717, 1.165) is 0 Å². The summed E-state index contributed by atoms with van der Waals surface area (Å²) in [4.78, 5) is 10.2. The number of rotatable bonds is 7. The Bertz CT molecular complexity index is 375. The molecule has 7 nitrogen and oxygen atoms in total. The topological polar surface area (TPSA) is 94.7 Å². The molecule has 17 heavy (non-hydrogen) atoms. The van der Waals surface area contributed by atoms with Gasteiger partial charge in [0.15, 0.2) is 0 Å². The van der Waals surface area contributed by atoms with Crippen molar-refractivity contribution in [3.63, 3.8) is 0 Å². The molecule has 0 aliphatic carbocycles. The van der Waals surface area contributed by atoms with Crippen molar-refractivity contribution in [2.75, 3.05) is 13.7 Å². The van der Waals surface area contributed by atoms with Crippen molar-refractivity contribution in [1.82, 2.24) is 10.2 Å². The maximum atomic E-state index is 10.2. The molecule has 0 radical (unpaired) electrons. The second kappa shape index (κ2) is 5.74. The maximum Gasteiger partial charge on any atom is 0.329 e. The Balaban J connectivity index is 2.45. The fourth-order valence-corrected chi connectivity index (χ4v) is 1.08. The largest absolute Gasteiger partial charge is 0.480 e. The molecule has 7 heteroatoms. The van der Waals surface area contributed by atoms with Gasteiger partial charge in [-0.05, 0) is 13.8 Å². The molecule has 0 bridgehead atoms. The number of methoxy groups -OCH3 is 1. The Morgan fingerprint density at radius 3 is 2.65 bits per heavy atom. The maximum absolute atomic E-state index is 10.2. The number of aromatic nitrogens is 2. The Morgan fingerprint density at radius 2 is 2.06 bits per heavy atom. The van der Waals surface area contributed by atoms with Gasteiger partial charge in [0.2, 0.25) is 11.8 Å². The van der Waals surface area contributed by atoms with Crippen molar-refractivity contribution in [2.45, 2.75) is 32.5 Å². The molecule has 1 heterocycles. The molecule has 1 N–H and O–H groups in total. The molecule has 0 atom stereocenters. The molecule has 0 aliphatic heterocycles. The lowest BCUT2D eigenvalue weighted by Crippen LogP contribution is -2.25. The highest BCUT2D eigenvalue weighted by atomic mass is 16.5. The minimum Gasteiger partial charge on any atom is -0.480 e. The molecule has 0 spiro atoms. The van der Waals surface area contributed by atoms with Crippen LogP contribution < -0.4 is 0 Å². The summed E-state index contributed by atoms with van der Waals surface area (Å²) in [6.45, 7) is 3.41. The zero-order valence-electron chi connectivity index (χ0n) is 10.1. The number of hydrogen-bond donors (Lipinski definition) is 1. The van der Waals surface area contributed by atoms with Gasteiger partial charge < -0.3 is 19.0 Å². The number of nitrogens with zero attached hydrogens (tertiary/aromatic N) is 2. The highest BCUT2D eigenvalue weighted by molar-refractivity contribution is 5.67. The third-order valence-corrected chi connectivity index (χ3v) is 2.09. The van der Waals surface area contributed by atoms with E-state index in [1.807, 2.05) is 13.8 Å². The third kappa shape index (κ3) is 4.92. The molecule has 0 fully saturated rings. The summed E-state index contributed by atoms with van der Waals surface area (Å²) in [7, 11) is 1.60. The summed E-state index contributed by atoms with van der Waals surface area (Å²) in [6.07, 6.45) is 0.482. The van der Waals surface area contributed by atoms with Crippen molar-refractivity contribution in [3.8, 4) is 0 Å². The standard InChI is InChI=1S/C10H16N2O5/c1-10(2,15-3)4-7-11-12-8(17-7)5-16-6-9(13)14/h4-6H2,1-3H3,(H,13,14). The molecule has 0 aromatic carbocycles. The molecular weight excluding hydrogens is 228 g/mol. The molecule has 96 valence electrons. The molecule has 0 unspecified atom stereocenters. The van der Waals surface area contributed by atoms with Crippen LogP contribution in [0.2, 0.25) is 0 Å². The number of ether oxygens (including phenoxy) is 2. The van der Waals surface area contributed by atoms with Crippen LogP contribution in [0.4, 0.5) is 0 Å². The first-order chi connectivity index (χ1) is 7.93. The number of carboxylic acids is 1. The van der Waals surface area contributed by atoms with Crippen LogP contribution in [0.5, 0.6) is 0 Å². The van der Waals surface area contributed by atoms with Gasteiger partial charge in [-0.15, -0.1) is 10.2 Å². The molecular formula is C10H16N2O5. The van der Waals surface area contributed by atoms with E-state index in [1.54, 1.807) is 7.11 Å². The highest BCUT2D eigenvalue weighted by Crippen LogP contribution is 2.15. The second-order valence-electron chi connectivity index (χ2n) is 4.12. The van der Waals surface area contributed by atoms with Gasteiger partial charge in [0.25, 0.3) is 0 Å². The summed E-state index contributed by atoms with van der Waals surface area (Å²) in [5, 5.41) is 15.9. The minimum absolute atomic E-state index is 0.00723. The summed E-state index contributed by atoms with van der Waals surface area (Å²) >= 11 is 0. The van der Waals surface area contributed by atoms with Crippen LogP contribution in [0.25, 0.3) is 0 Å². The summed E-state index contributed by atoms with van der Waals surface area (Å²) in [5.41, 5.74) is -0.383. The number of carboxylic acid groups (broad SMARTS) is 1. The van der Waals surface area contributed by atoms with Gasteiger partial charge in [0.1, 0.15) is 13.2 Å². The van der Waals surface area contributed by atoms with Crippen LogP contribution in [0.3, 0.4) is 0 Å². The number of aliphatic carboxylic acids is 1. The van der Waals surface area contributed by atoms with Crippen molar-refractivity contribution in [2.24, 2.45) is 0 Å². The Labute approximate surface area is 98.7 Å². The van der Waals surface area contributed by atoms with Gasteiger partial charge in [-0.1, -0.05) is 0 Å². The van der Waals surface area contributed by atoms with Crippen molar-refractivity contribution < 1.29 is 23.8 Å².